The van der Waals surface area contributed by atoms with Crippen LogP contribution in [-0.4, -0.2) is 26.5 Å². The SMILES string of the molecule is COc1cc(Br)ccc1-c1nc2c(C)nc(-c3ccccc3)n2c(=O)[nH]1. The maximum Gasteiger partial charge on any atom is 0.334 e. The Labute approximate surface area is 157 Å². The Morgan fingerprint density at radius 3 is 2.62 bits per heavy atom. The molecule has 4 rings (SSSR count). The second kappa shape index (κ2) is 6.42. The summed E-state index contributed by atoms with van der Waals surface area (Å²) in [5, 5.41) is 0. The molecule has 2 heterocycles. The molecule has 130 valence electrons. The maximum atomic E-state index is 12.8. The van der Waals surface area contributed by atoms with Crippen LogP contribution in [0.4, 0.5) is 0 Å². The van der Waals surface area contributed by atoms with Crippen LogP contribution in [0.1, 0.15) is 5.69 Å². The van der Waals surface area contributed by atoms with E-state index in [4.69, 9.17) is 4.74 Å². The van der Waals surface area contributed by atoms with Crippen LogP contribution in [0.2, 0.25) is 0 Å². The van der Waals surface area contributed by atoms with Crippen molar-refractivity contribution in [3.05, 3.63) is 69.2 Å². The van der Waals surface area contributed by atoms with E-state index in [-0.39, 0.29) is 5.69 Å². The summed E-state index contributed by atoms with van der Waals surface area (Å²) in [5.41, 5.74) is 2.48. The number of aryl methyl sites for hydroxylation is 1. The second-order valence-corrected chi connectivity index (χ2v) is 6.70. The number of hydrogen-bond acceptors (Lipinski definition) is 4. The molecule has 0 saturated heterocycles. The first-order valence-corrected chi connectivity index (χ1v) is 8.76. The zero-order chi connectivity index (χ0) is 18.3. The van der Waals surface area contributed by atoms with Gasteiger partial charge in [-0.05, 0) is 25.1 Å². The highest BCUT2D eigenvalue weighted by Crippen LogP contribution is 2.30. The van der Waals surface area contributed by atoms with Gasteiger partial charge in [-0.25, -0.2) is 19.2 Å². The number of aromatic nitrogens is 4. The number of fused-ring (bicyclic) bond motifs is 1. The largest absolute Gasteiger partial charge is 0.496 e. The molecule has 0 saturated carbocycles. The van der Waals surface area contributed by atoms with Crippen LogP contribution in [0.15, 0.2) is 57.8 Å². The third-order valence-electron chi connectivity index (χ3n) is 4.12. The molecular formula is C19H15BrN4O2. The third kappa shape index (κ3) is 2.70. The molecule has 0 atom stereocenters. The van der Waals surface area contributed by atoms with Crippen LogP contribution in [0, 0.1) is 6.92 Å². The van der Waals surface area contributed by atoms with E-state index in [1.165, 1.54) is 4.40 Å². The van der Waals surface area contributed by atoms with E-state index in [0.29, 0.717) is 34.3 Å². The van der Waals surface area contributed by atoms with E-state index in [2.05, 4.69) is 30.9 Å². The highest BCUT2D eigenvalue weighted by molar-refractivity contribution is 9.10. The lowest BCUT2D eigenvalue weighted by Crippen LogP contribution is -2.19. The van der Waals surface area contributed by atoms with Gasteiger partial charge in [-0.1, -0.05) is 46.3 Å². The lowest BCUT2D eigenvalue weighted by molar-refractivity contribution is 0.416. The smallest absolute Gasteiger partial charge is 0.334 e. The number of imidazole rings is 1. The van der Waals surface area contributed by atoms with Crippen LogP contribution in [-0.2, 0) is 0 Å². The van der Waals surface area contributed by atoms with Crippen LogP contribution in [0.3, 0.4) is 0 Å². The summed E-state index contributed by atoms with van der Waals surface area (Å²) < 4.78 is 7.81. The van der Waals surface area contributed by atoms with E-state index < -0.39 is 0 Å². The Balaban J connectivity index is 1.97. The second-order valence-electron chi connectivity index (χ2n) is 5.78. The quantitative estimate of drug-likeness (QED) is 0.556. The number of aromatic amines is 1. The summed E-state index contributed by atoms with van der Waals surface area (Å²) in [5.74, 6) is 1.63. The Bertz CT molecular complexity index is 1170. The van der Waals surface area contributed by atoms with Crippen molar-refractivity contribution in [2.45, 2.75) is 6.92 Å². The summed E-state index contributed by atoms with van der Waals surface area (Å²) >= 11 is 3.42. The number of H-pyrrole nitrogens is 1. The Kier molecular flexibility index (Phi) is 4.08. The monoisotopic (exact) mass is 410 g/mol. The minimum atomic E-state index is -0.297. The Hall–Kier alpha value is -2.93. The summed E-state index contributed by atoms with van der Waals surface area (Å²) in [6, 6.07) is 15.1. The van der Waals surface area contributed by atoms with E-state index in [9.17, 15) is 4.79 Å². The van der Waals surface area contributed by atoms with Crippen LogP contribution in [0.25, 0.3) is 28.4 Å². The fourth-order valence-electron chi connectivity index (χ4n) is 2.90. The Morgan fingerprint density at radius 2 is 1.88 bits per heavy atom. The van der Waals surface area contributed by atoms with Gasteiger partial charge >= 0.3 is 5.69 Å². The van der Waals surface area contributed by atoms with E-state index in [1.54, 1.807) is 7.11 Å². The summed E-state index contributed by atoms with van der Waals surface area (Å²) in [4.78, 5) is 24.9. The summed E-state index contributed by atoms with van der Waals surface area (Å²) in [7, 11) is 1.58. The molecule has 7 heteroatoms. The number of methoxy groups -OCH3 is 1. The lowest BCUT2D eigenvalue weighted by Gasteiger charge is -2.09. The van der Waals surface area contributed by atoms with Gasteiger partial charge in [-0.15, -0.1) is 0 Å². The van der Waals surface area contributed by atoms with Gasteiger partial charge in [-0.2, -0.15) is 0 Å². The number of hydrogen-bond donors (Lipinski definition) is 1. The molecule has 2 aromatic carbocycles. The number of nitrogens with one attached hydrogen (secondary N) is 1. The van der Waals surface area contributed by atoms with Crippen molar-refractivity contribution in [2.24, 2.45) is 0 Å². The average molecular weight is 411 g/mol. The molecule has 0 bridgehead atoms. The number of ether oxygens (including phenoxy) is 1. The number of halogens is 1. The van der Waals surface area contributed by atoms with Gasteiger partial charge in [-0.3, -0.25) is 4.98 Å². The number of rotatable bonds is 3. The van der Waals surface area contributed by atoms with Crippen molar-refractivity contribution >= 4 is 21.6 Å². The van der Waals surface area contributed by atoms with Gasteiger partial charge in [0.15, 0.2) is 5.65 Å². The first kappa shape index (κ1) is 16.5. The lowest BCUT2D eigenvalue weighted by atomic mass is 10.2. The number of nitrogens with zero attached hydrogens (tertiary/aromatic N) is 3. The third-order valence-corrected chi connectivity index (χ3v) is 4.61. The molecule has 26 heavy (non-hydrogen) atoms. The van der Waals surface area contributed by atoms with Crippen molar-refractivity contribution < 1.29 is 4.74 Å². The molecule has 4 aromatic rings. The standard InChI is InChI=1S/C19H15BrN4O2/c1-11-17-22-16(14-9-8-13(20)10-15(14)26-2)23-19(25)24(17)18(21-11)12-6-4-3-5-7-12/h3-10H,1-2H3,(H,22,23,25). The van der Waals surface area contributed by atoms with Crippen LogP contribution < -0.4 is 10.4 Å². The van der Waals surface area contributed by atoms with Gasteiger partial charge in [0.25, 0.3) is 0 Å². The van der Waals surface area contributed by atoms with Crippen molar-refractivity contribution in [1.29, 1.82) is 0 Å². The molecule has 0 aliphatic rings. The molecule has 6 nitrogen and oxygen atoms in total. The molecule has 2 aromatic heterocycles. The van der Waals surface area contributed by atoms with Gasteiger partial charge in [0.05, 0.1) is 18.4 Å². The van der Waals surface area contributed by atoms with E-state index in [0.717, 1.165) is 10.0 Å². The van der Waals surface area contributed by atoms with E-state index >= 15 is 0 Å². The first-order valence-electron chi connectivity index (χ1n) is 7.97. The molecule has 0 aliphatic carbocycles. The number of benzene rings is 2. The van der Waals surface area contributed by atoms with E-state index in [1.807, 2.05) is 55.5 Å². The normalized spacial score (nSPS) is 11.0. The molecule has 0 spiro atoms. The minimum Gasteiger partial charge on any atom is -0.496 e. The van der Waals surface area contributed by atoms with Gasteiger partial charge in [0.2, 0.25) is 0 Å². The van der Waals surface area contributed by atoms with Crippen molar-refractivity contribution in [3.8, 4) is 28.5 Å². The van der Waals surface area contributed by atoms with Crippen LogP contribution in [0.5, 0.6) is 5.75 Å². The molecule has 0 unspecified atom stereocenters. The minimum absolute atomic E-state index is 0.297. The fraction of sp³-hybridized carbons (Fsp3) is 0.105. The highest BCUT2D eigenvalue weighted by Gasteiger charge is 2.17. The van der Waals surface area contributed by atoms with Crippen molar-refractivity contribution in [1.82, 2.24) is 19.4 Å². The molecular weight excluding hydrogens is 396 g/mol. The van der Waals surface area contributed by atoms with Gasteiger partial charge < -0.3 is 4.74 Å². The molecule has 0 radical (unpaired) electrons. The predicted molar refractivity (Wildman–Crippen MR) is 103 cm³/mol. The molecule has 0 amide bonds. The van der Waals surface area contributed by atoms with Crippen molar-refractivity contribution in [3.63, 3.8) is 0 Å². The highest BCUT2D eigenvalue weighted by atomic mass is 79.9. The van der Waals surface area contributed by atoms with Crippen LogP contribution >= 0.6 is 15.9 Å². The molecule has 0 aliphatic heterocycles. The predicted octanol–water partition coefficient (Wildman–Crippen LogP) is 3.83. The Morgan fingerprint density at radius 1 is 1.12 bits per heavy atom. The van der Waals surface area contributed by atoms with Crippen molar-refractivity contribution in [2.75, 3.05) is 7.11 Å². The van der Waals surface area contributed by atoms with Gasteiger partial charge in [0, 0.05) is 10.0 Å². The zero-order valence-corrected chi connectivity index (χ0v) is 15.7. The maximum absolute atomic E-state index is 12.8. The summed E-state index contributed by atoms with van der Waals surface area (Å²) in [6.45, 7) is 1.84. The summed E-state index contributed by atoms with van der Waals surface area (Å²) in [6.07, 6.45) is 0. The topological polar surface area (TPSA) is 72.3 Å². The average Bonchev–Trinajstić information content (AvgIpc) is 2.99. The fourth-order valence-corrected chi connectivity index (χ4v) is 3.24. The first-order chi connectivity index (χ1) is 12.6. The molecule has 1 N–H and O–H groups in total. The zero-order valence-electron chi connectivity index (χ0n) is 14.2. The van der Waals surface area contributed by atoms with Gasteiger partial charge in [0.1, 0.15) is 17.4 Å². The molecule has 0 fully saturated rings.